The lowest BCUT2D eigenvalue weighted by molar-refractivity contribution is -0.135. The first-order valence-corrected chi connectivity index (χ1v) is 7.93. The van der Waals surface area contributed by atoms with Gasteiger partial charge in [-0.05, 0) is 31.0 Å². The maximum Gasteiger partial charge on any atom is 0.229 e. The van der Waals surface area contributed by atoms with Gasteiger partial charge in [0.15, 0.2) is 0 Å². The summed E-state index contributed by atoms with van der Waals surface area (Å²) in [6.07, 6.45) is 2.87. The van der Waals surface area contributed by atoms with E-state index in [-0.39, 0.29) is 24.0 Å². The van der Waals surface area contributed by atoms with Crippen LogP contribution in [0.25, 0.3) is 0 Å². The summed E-state index contributed by atoms with van der Waals surface area (Å²) < 4.78 is 0. The first-order valence-electron chi connectivity index (χ1n) is 7.56. The normalized spacial score (nSPS) is 23.7. The van der Waals surface area contributed by atoms with Crippen molar-refractivity contribution in [3.8, 4) is 0 Å². The molecule has 1 aromatic rings. The number of benzene rings is 1. The Morgan fingerprint density at radius 3 is 2.91 bits per heavy atom. The molecule has 120 valence electrons. The standard InChI is InChI=1S/C17H17ClN2O3/c1-9-11(18)4-2-5-12(9)20-17(23)10-8-15(22)19-13-6-3-7-14(21)16(10)13/h2,4-6,10,16H,3,7-8H2,1H3,(H,19,22)(H,20,23)/t10-,16-/m0/s1. The number of anilines is 1. The highest BCUT2D eigenvalue weighted by Gasteiger charge is 2.42. The van der Waals surface area contributed by atoms with Crippen molar-refractivity contribution in [1.29, 1.82) is 0 Å². The molecule has 0 unspecified atom stereocenters. The maximum absolute atomic E-state index is 12.7. The van der Waals surface area contributed by atoms with Crippen LogP contribution >= 0.6 is 11.6 Å². The molecular weight excluding hydrogens is 316 g/mol. The second-order valence-corrected chi connectivity index (χ2v) is 6.31. The number of nitrogens with one attached hydrogen (secondary N) is 2. The molecule has 5 nitrogen and oxygen atoms in total. The van der Waals surface area contributed by atoms with Crippen LogP contribution in [0.15, 0.2) is 30.0 Å². The number of halogens is 1. The van der Waals surface area contributed by atoms with Gasteiger partial charge in [-0.3, -0.25) is 14.4 Å². The van der Waals surface area contributed by atoms with E-state index in [1.54, 1.807) is 18.2 Å². The minimum atomic E-state index is -0.679. The van der Waals surface area contributed by atoms with E-state index in [0.717, 1.165) is 5.56 Å². The van der Waals surface area contributed by atoms with Crippen LogP contribution < -0.4 is 10.6 Å². The molecule has 0 spiro atoms. The van der Waals surface area contributed by atoms with E-state index in [0.29, 0.717) is 29.2 Å². The summed E-state index contributed by atoms with van der Waals surface area (Å²) in [4.78, 5) is 36.7. The third-order valence-corrected chi connectivity index (χ3v) is 4.80. The number of hydrogen-bond donors (Lipinski definition) is 2. The molecular formula is C17H17ClN2O3. The Balaban J connectivity index is 1.86. The van der Waals surface area contributed by atoms with Crippen molar-refractivity contribution in [3.63, 3.8) is 0 Å². The number of rotatable bonds is 2. The Labute approximate surface area is 139 Å². The third kappa shape index (κ3) is 3.01. The molecule has 2 atom stereocenters. The highest BCUT2D eigenvalue weighted by atomic mass is 35.5. The Bertz CT molecular complexity index is 727. The molecule has 3 rings (SSSR count). The van der Waals surface area contributed by atoms with Gasteiger partial charge in [0.05, 0.1) is 11.8 Å². The lowest BCUT2D eigenvalue weighted by Gasteiger charge is -2.34. The number of amides is 2. The predicted molar refractivity (Wildman–Crippen MR) is 86.9 cm³/mol. The molecule has 0 bridgehead atoms. The Morgan fingerprint density at radius 1 is 1.35 bits per heavy atom. The summed E-state index contributed by atoms with van der Waals surface area (Å²) in [6, 6.07) is 5.24. The third-order valence-electron chi connectivity index (χ3n) is 4.39. The summed E-state index contributed by atoms with van der Waals surface area (Å²) in [6.45, 7) is 1.81. The summed E-state index contributed by atoms with van der Waals surface area (Å²) in [5.74, 6) is -1.78. The Morgan fingerprint density at radius 2 is 2.13 bits per heavy atom. The van der Waals surface area contributed by atoms with E-state index in [9.17, 15) is 14.4 Å². The zero-order valence-corrected chi connectivity index (χ0v) is 13.4. The highest BCUT2D eigenvalue weighted by molar-refractivity contribution is 6.31. The molecule has 0 radical (unpaired) electrons. The van der Waals surface area contributed by atoms with E-state index in [1.165, 1.54) is 0 Å². The van der Waals surface area contributed by atoms with Crippen molar-refractivity contribution in [2.24, 2.45) is 11.8 Å². The molecule has 1 saturated heterocycles. The maximum atomic E-state index is 12.7. The van der Waals surface area contributed by atoms with Gasteiger partial charge in [0, 0.05) is 29.2 Å². The van der Waals surface area contributed by atoms with E-state index in [4.69, 9.17) is 11.6 Å². The minimum Gasteiger partial charge on any atom is -0.329 e. The van der Waals surface area contributed by atoms with Crippen LogP contribution in [0.4, 0.5) is 5.69 Å². The summed E-state index contributed by atoms with van der Waals surface area (Å²) >= 11 is 6.06. The number of hydrogen-bond acceptors (Lipinski definition) is 3. The number of piperidine rings is 1. The SMILES string of the molecule is Cc1c(Cl)cccc1NC(=O)[C@H]1CC(=O)NC2=CCCC(=O)[C@H]21. The first kappa shape index (κ1) is 15.7. The van der Waals surface area contributed by atoms with Gasteiger partial charge < -0.3 is 10.6 Å². The van der Waals surface area contributed by atoms with Crippen molar-refractivity contribution >= 4 is 34.9 Å². The van der Waals surface area contributed by atoms with Crippen LogP contribution in [0.1, 0.15) is 24.8 Å². The topological polar surface area (TPSA) is 75.3 Å². The lowest BCUT2D eigenvalue weighted by atomic mass is 9.76. The van der Waals surface area contributed by atoms with Gasteiger partial charge in [0.1, 0.15) is 5.78 Å². The second kappa shape index (κ2) is 6.16. The van der Waals surface area contributed by atoms with E-state index < -0.39 is 11.8 Å². The highest BCUT2D eigenvalue weighted by Crippen LogP contribution is 2.34. The fraction of sp³-hybridized carbons (Fsp3) is 0.353. The number of ketones is 1. The number of allylic oxidation sites excluding steroid dienone is 2. The molecule has 1 fully saturated rings. The molecule has 6 heteroatoms. The van der Waals surface area contributed by atoms with Crippen LogP contribution in [0.3, 0.4) is 0 Å². The van der Waals surface area contributed by atoms with Crippen LogP contribution in [-0.4, -0.2) is 17.6 Å². The van der Waals surface area contributed by atoms with Gasteiger partial charge in [-0.2, -0.15) is 0 Å². The lowest BCUT2D eigenvalue weighted by Crippen LogP contribution is -2.47. The first-order chi connectivity index (χ1) is 11.0. The molecule has 2 amide bonds. The number of carbonyl (C=O) groups excluding carboxylic acids is 3. The Kier molecular flexibility index (Phi) is 4.22. The van der Waals surface area contributed by atoms with Gasteiger partial charge in [-0.1, -0.05) is 23.7 Å². The summed E-state index contributed by atoms with van der Waals surface area (Å²) in [5.41, 5.74) is 1.93. The monoisotopic (exact) mass is 332 g/mol. The van der Waals surface area contributed by atoms with Crippen molar-refractivity contribution < 1.29 is 14.4 Å². The smallest absolute Gasteiger partial charge is 0.229 e. The molecule has 1 heterocycles. The molecule has 1 aromatic carbocycles. The zero-order chi connectivity index (χ0) is 16.6. The van der Waals surface area contributed by atoms with E-state index in [1.807, 2.05) is 13.0 Å². The minimum absolute atomic E-state index is 0.00506. The average molecular weight is 333 g/mol. The van der Waals surface area contributed by atoms with Crippen molar-refractivity contribution in [2.75, 3.05) is 5.32 Å². The largest absolute Gasteiger partial charge is 0.329 e. The van der Waals surface area contributed by atoms with Crippen LogP contribution in [-0.2, 0) is 14.4 Å². The Hall–Kier alpha value is -2.14. The van der Waals surface area contributed by atoms with Crippen LogP contribution in [0, 0.1) is 18.8 Å². The average Bonchev–Trinajstić information content (AvgIpc) is 2.51. The second-order valence-electron chi connectivity index (χ2n) is 5.90. The van der Waals surface area contributed by atoms with Gasteiger partial charge in [-0.25, -0.2) is 0 Å². The fourth-order valence-electron chi connectivity index (χ4n) is 3.14. The van der Waals surface area contributed by atoms with Crippen LogP contribution in [0.2, 0.25) is 5.02 Å². The van der Waals surface area contributed by atoms with Gasteiger partial charge in [0.25, 0.3) is 0 Å². The van der Waals surface area contributed by atoms with Crippen molar-refractivity contribution in [2.45, 2.75) is 26.2 Å². The van der Waals surface area contributed by atoms with E-state index in [2.05, 4.69) is 10.6 Å². The van der Waals surface area contributed by atoms with Gasteiger partial charge in [0.2, 0.25) is 11.8 Å². The summed E-state index contributed by atoms with van der Waals surface area (Å²) in [5, 5.41) is 6.08. The summed E-state index contributed by atoms with van der Waals surface area (Å²) in [7, 11) is 0. The number of fused-ring (bicyclic) bond motifs is 1. The van der Waals surface area contributed by atoms with Crippen molar-refractivity contribution in [3.05, 3.63) is 40.6 Å². The predicted octanol–water partition coefficient (Wildman–Crippen LogP) is 2.59. The molecule has 2 N–H and O–H groups in total. The van der Waals surface area contributed by atoms with Crippen LogP contribution in [0.5, 0.6) is 0 Å². The van der Waals surface area contributed by atoms with Gasteiger partial charge >= 0.3 is 0 Å². The molecule has 1 aliphatic heterocycles. The number of Topliss-reactive ketones (excluding diaryl/α,β-unsaturated/α-hetero) is 1. The van der Waals surface area contributed by atoms with Crippen molar-refractivity contribution in [1.82, 2.24) is 5.32 Å². The molecule has 2 aliphatic rings. The number of carbonyl (C=O) groups is 3. The molecule has 1 aliphatic carbocycles. The zero-order valence-electron chi connectivity index (χ0n) is 12.7. The molecule has 23 heavy (non-hydrogen) atoms. The quantitative estimate of drug-likeness (QED) is 0.874. The molecule has 0 aromatic heterocycles. The fourth-order valence-corrected chi connectivity index (χ4v) is 3.31. The van der Waals surface area contributed by atoms with E-state index >= 15 is 0 Å². The van der Waals surface area contributed by atoms with Gasteiger partial charge in [-0.15, -0.1) is 0 Å². The molecule has 0 saturated carbocycles.